The van der Waals surface area contributed by atoms with E-state index >= 15 is 0 Å². The maximum atomic E-state index is 13.5. The standard InChI is InChI=1S/C22H30N6O5S2/c1-13(2)27-18(11-15-5-6-15)21(29)28(14(3)4)19-12-24-22(26-20(19)27)25-16-7-9-17(10-8-16)34(30,31)35(23,32)33/h7-10,12-15,18H,5-6,11H2,1-4H3,(H2,23,32,33)(H,24,25,26). The number of hydrogen-bond donors (Lipinski definition) is 2. The minimum atomic E-state index is -4.79. The molecule has 1 aromatic heterocycles. The Hall–Kier alpha value is -2.77. The lowest BCUT2D eigenvalue weighted by Gasteiger charge is -2.45. The van der Waals surface area contributed by atoms with Crippen molar-refractivity contribution in [1.29, 1.82) is 0 Å². The number of carbonyl (C=O) groups excluding carboxylic acids is 1. The number of aromatic nitrogens is 2. The molecule has 13 heteroatoms. The first-order valence-corrected chi connectivity index (χ1v) is 15.0. The Bertz CT molecular complexity index is 1340. The Morgan fingerprint density at radius 3 is 2.20 bits per heavy atom. The summed E-state index contributed by atoms with van der Waals surface area (Å²) < 4.78 is 46.8. The third-order valence-electron chi connectivity index (χ3n) is 6.14. The highest BCUT2D eigenvalue weighted by Gasteiger charge is 2.44. The number of hydrogen-bond acceptors (Lipinski definition) is 9. The fourth-order valence-corrected chi connectivity index (χ4v) is 6.20. The van der Waals surface area contributed by atoms with Gasteiger partial charge in [0.05, 0.1) is 11.1 Å². The van der Waals surface area contributed by atoms with Crippen molar-refractivity contribution in [2.75, 3.05) is 15.1 Å². The molecule has 0 bridgehead atoms. The van der Waals surface area contributed by atoms with E-state index in [4.69, 9.17) is 10.1 Å². The van der Waals surface area contributed by atoms with Gasteiger partial charge in [-0.3, -0.25) is 4.79 Å². The lowest BCUT2D eigenvalue weighted by molar-refractivity contribution is -0.121. The maximum Gasteiger partial charge on any atom is 0.319 e. The van der Waals surface area contributed by atoms with Crippen LogP contribution in [0.25, 0.3) is 0 Å². The number of rotatable bonds is 8. The van der Waals surface area contributed by atoms with E-state index in [2.05, 4.69) is 15.2 Å². The van der Waals surface area contributed by atoms with Crippen molar-refractivity contribution in [2.24, 2.45) is 11.1 Å². The van der Waals surface area contributed by atoms with Gasteiger partial charge in [-0.05, 0) is 64.3 Å². The van der Waals surface area contributed by atoms with E-state index in [1.165, 1.54) is 12.1 Å². The Morgan fingerprint density at radius 1 is 1.06 bits per heavy atom. The average molecular weight is 523 g/mol. The second-order valence-electron chi connectivity index (χ2n) is 9.50. The highest BCUT2D eigenvalue weighted by atomic mass is 33.2. The molecule has 11 nitrogen and oxygen atoms in total. The van der Waals surface area contributed by atoms with E-state index in [1.807, 2.05) is 27.7 Å². The predicted octanol–water partition coefficient (Wildman–Crippen LogP) is 2.34. The minimum Gasteiger partial charge on any atom is -0.340 e. The molecule has 35 heavy (non-hydrogen) atoms. The molecule has 0 spiro atoms. The average Bonchev–Trinajstić information content (AvgIpc) is 3.57. The molecular weight excluding hydrogens is 492 g/mol. The SMILES string of the molecule is CC(C)N1C(=O)C(CC2CC2)N(C(C)C)c2nc(Nc3ccc(S(=O)(=O)S(N)(=O)=O)cc3)ncc21. The number of benzene rings is 1. The van der Waals surface area contributed by atoms with Crippen LogP contribution in [0.3, 0.4) is 0 Å². The van der Waals surface area contributed by atoms with Crippen LogP contribution in [0, 0.1) is 5.92 Å². The van der Waals surface area contributed by atoms with Crippen molar-refractivity contribution in [3.05, 3.63) is 30.5 Å². The van der Waals surface area contributed by atoms with E-state index in [-0.39, 0.29) is 30.0 Å². The highest BCUT2D eigenvalue weighted by molar-refractivity contribution is 8.66. The van der Waals surface area contributed by atoms with Gasteiger partial charge in [0.15, 0.2) is 5.82 Å². The summed E-state index contributed by atoms with van der Waals surface area (Å²) in [4.78, 5) is 26.0. The van der Waals surface area contributed by atoms with E-state index in [0.717, 1.165) is 31.4 Å². The minimum absolute atomic E-state index is 0.0289. The fraction of sp³-hybridized carbons (Fsp3) is 0.500. The number of carbonyl (C=O) groups is 1. The number of nitrogens with zero attached hydrogens (tertiary/aromatic N) is 4. The van der Waals surface area contributed by atoms with Crippen molar-refractivity contribution in [3.8, 4) is 0 Å². The van der Waals surface area contributed by atoms with Gasteiger partial charge in [-0.2, -0.15) is 13.4 Å². The lowest BCUT2D eigenvalue weighted by Crippen LogP contribution is -2.58. The van der Waals surface area contributed by atoms with Gasteiger partial charge in [-0.25, -0.2) is 18.5 Å². The molecule has 1 saturated carbocycles. The second-order valence-corrected chi connectivity index (χ2v) is 14.6. The normalized spacial score (nSPS) is 18.8. The summed E-state index contributed by atoms with van der Waals surface area (Å²) in [6.07, 6.45) is 4.67. The molecular formula is C22H30N6O5S2. The quantitative estimate of drug-likeness (QED) is 0.497. The molecule has 1 unspecified atom stereocenters. The van der Waals surface area contributed by atoms with Crippen LogP contribution in [0.15, 0.2) is 35.4 Å². The molecule has 190 valence electrons. The molecule has 3 N–H and O–H groups in total. The topological polar surface area (TPSA) is 156 Å². The predicted molar refractivity (Wildman–Crippen MR) is 133 cm³/mol. The summed E-state index contributed by atoms with van der Waals surface area (Å²) in [5.41, 5.74) is 1.10. The van der Waals surface area contributed by atoms with Crippen molar-refractivity contribution in [2.45, 2.75) is 70.0 Å². The highest BCUT2D eigenvalue weighted by Crippen LogP contribution is 2.42. The Balaban J connectivity index is 1.68. The summed E-state index contributed by atoms with van der Waals surface area (Å²) in [6, 6.07) is 4.76. The number of anilines is 4. The summed E-state index contributed by atoms with van der Waals surface area (Å²) in [6.45, 7) is 7.98. The van der Waals surface area contributed by atoms with Crippen molar-refractivity contribution < 1.29 is 21.6 Å². The van der Waals surface area contributed by atoms with Gasteiger partial charge in [0.2, 0.25) is 11.9 Å². The summed E-state index contributed by atoms with van der Waals surface area (Å²) >= 11 is 0. The third-order valence-corrected chi connectivity index (χ3v) is 10.0. The molecule has 0 saturated heterocycles. The molecule has 4 rings (SSSR count). The van der Waals surface area contributed by atoms with E-state index in [0.29, 0.717) is 23.1 Å². The van der Waals surface area contributed by atoms with Crippen LogP contribution in [-0.4, -0.2) is 50.8 Å². The molecule has 2 heterocycles. The van der Waals surface area contributed by atoms with Crippen LogP contribution in [-0.2, 0) is 22.7 Å². The summed E-state index contributed by atoms with van der Waals surface area (Å²) in [7, 11) is -9.47. The number of nitrogens with two attached hydrogens (primary N) is 1. The first-order chi connectivity index (χ1) is 16.3. The molecule has 2 aromatic rings. The largest absolute Gasteiger partial charge is 0.340 e. The van der Waals surface area contributed by atoms with E-state index < -0.39 is 22.8 Å². The smallest absolute Gasteiger partial charge is 0.319 e. The third kappa shape index (κ3) is 4.84. The molecule has 1 aromatic carbocycles. The van der Waals surface area contributed by atoms with Crippen molar-refractivity contribution in [3.63, 3.8) is 0 Å². The zero-order chi connectivity index (χ0) is 25.7. The van der Waals surface area contributed by atoms with Gasteiger partial charge in [-0.15, -0.1) is 0 Å². The lowest BCUT2D eigenvalue weighted by atomic mass is 10.0. The summed E-state index contributed by atoms with van der Waals surface area (Å²) in [5.74, 6) is 1.53. The van der Waals surface area contributed by atoms with Crippen LogP contribution in [0.2, 0.25) is 0 Å². The molecule has 0 radical (unpaired) electrons. The maximum absolute atomic E-state index is 13.5. The van der Waals surface area contributed by atoms with Crippen LogP contribution in [0.5, 0.6) is 0 Å². The van der Waals surface area contributed by atoms with Crippen molar-refractivity contribution >= 4 is 47.0 Å². The van der Waals surface area contributed by atoms with Crippen LogP contribution in [0.4, 0.5) is 23.1 Å². The molecule has 1 fully saturated rings. The van der Waals surface area contributed by atoms with Gasteiger partial charge >= 0.3 is 9.06 Å². The second kappa shape index (κ2) is 9.03. The van der Waals surface area contributed by atoms with Crippen molar-refractivity contribution in [1.82, 2.24) is 9.97 Å². The zero-order valence-electron chi connectivity index (χ0n) is 20.0. The van der Waals surface area contributed by atoms with Gasteiger partial charge in [0, 0.05) is 17.8 Å². The van der Waals surface area contributed by atoms with Gasteiger partial charge < -0.3 is 15.1 Å². The summed E-state index contributed by atoms with van der Waals surface area (Å²) in [5, 5.41) is 7.84. The Morgan fingerprint density at radius 2 is 1.69 bits per heavy atom. The number of nitrogens with one attached hydrogen (secondary N) is 1. The first kappa shape index (κ1) is 25.3. The molecule has 1 aliphatic carbocycles. The number of fused-ring (bicyclic) bond motifs is 1. The van der Waals surface area contributed by atoms with Crippen LogP contribution in [0.1, 0.15) is 47.0 Å². The van der Waals surface area contributed by atoms with E-state index in [9.17, 15) is 21.6 Å². The van der Waals surface area contributed by atoms with Crippen LogP contribution >= 0.6 is 0 Å². The van der Waals surface area contributed by atoms with Gasteiger partial charge in [0.1, 0.15) is 11.7 Å². The number of amides is 1. The van der Waals surface area contributed by atoms with Crippen LogP contribution < -0.4 is 20.3 Å². The molecule has 1 amide bonds. The molecule has 1 atom stereocenters. The molecule has 1 aliphatic heterocycles. The molecule has 2 aliphatic rings. The first-order valence-electron chi connectivity index (χ1n) is 11.4. The van der Waals surface area contributed by atoms with E-state index in [1.54, 1.807) is 11.1 Å². The Labute approximate surface area is 205 Å². The zero-order valence-corrected chi connectivity index (χ0v) is 21.7. The van der Waals surface area contributed by atoms with Gasteiger partial charge in [0.25, 0.3) is 8.87 Å². The monoisotopic (exact) mass is 522 g/mol. The fourth-order valence-electron chi connectivity index (χ4n) is 4.32. The van der Waals surface area contributed by atoms with Gasteiger partial charge in [-0.1, -0.05) is 12.8 Å². The Kier molecular flexibility index (Phi) is 6.53.